The molecule has 0 aliphatic carbocycles. The molecule has 9 nitrogen and oxygen atoms in total. The third kappa shape index (κ3) is 4.08. The van der Waals surface area contributed by atoms with Crippen molar-refractivity contribution in [2.75, 3.05) is 24.9 Å². The summed E-state index contributed by atoms with van der Waals surface area (Å²) in [4.78, 5) is 20.4. The van der Waals surface area contributed by atoms with E-state index in [1.165, 1.54) is 18.4 Å². The number of benzene rings is 1. The van der Waals surface area contributed by atoms with Crippen molar-refractivity contribution in [2.24, 2.45) is 0 Å². The van der Waals surface area contributed by atoms with Gasteiger partial charge in [0.1, 0.15) is 0 Å². The van der Waals surface area contributed by atoms with E-state index in [0.717, 1.165) is 26.5 Å². The first-order valence-electron chi connectivity index (χ1n) is 8.87. The predicted octanol–water partition coefficient (Wildman–Crippen LogP) is 4.27. The molecule has 30 heavy (non-hydrogen) atoms. The van der Waals surface area contributed by atoms with Crippen molar-refractivity contribution in [1.29, 1.82) is 0 Å². The Labute approximate surface area is 180 Å². The van der Waals surface area contributed by atoms with Gasteiger partial charge in [-0.2, -0.15) is 0 Å². The number of esters is 1. The van der Waals surface area contributed by atoms with Gasteiger partial charge in [0.2, 0.25) is 0 Å². The molecule has 11 heteroatoms. The fraction of sp³-hybridized carbons (Fsp3) is 0.211. The number of aromatic nitrogens is 4. The number of fused-ring (bicyclic) bond motifs is 1. The van der Waals surface area contributed by atoms with Crippen LogP contribution in [0.25, 0.3) is 10.2 Å². The molecule has 4 aromatic rings. The van der Waals surface area contributed by atoms with E-state index in [1.807, 2.05) is 31.2 Å². The molecule has 0 atom stereocenters. The summed E-state index contributed by atoms with van der Waals surface area (Å²) in [6, 6.07) is 7.93. The first-order chi connectivity index (χ1) is 14.6. The van der Waals surface area contributed by atoms with Gasteiger partial charge < -0.3 is 20.1 Å². The van der Waals surface area contributed by atoms with Gasteiger partial charge in [0, 0.05) is 23.6 Å². The molecule has 0 aliphatic rings. The van der Waals surface area contributed by atoms with Gasteiger partial charge in [-0.05, 0) is 19.1 Å². The van der Waals surface area contributed by atoms with Crippen molar-refractivity contribution in [3.05, 3.63) is 46.5 Å². The molecule has 0 aliphatic heterocycles. The minimum absolute atomic E-state index is 0.233. The monoisotopic (exact) mass is 442 g/mol. The molecule has 2 N–H and O–H groups in total. The number of anilines is 4. The topological polar surface area (TPSA) is 111 Å². The maximum atomic E-state index is 11.6. The van der Waals surface area contributed by atoms with Crippen LogP contribution in [-0.4, -0.2) is 40.4 Å². The highest BCUT2D eigenvalue weighted by atomic mass is 32.1. The zero-order chi connectivity index (χ0) is 21.1. The molecule has 0 saturated heterocycles. The molecule has 3 heterocycles. The average molecular weight is 443 g/mol. The number of ether oxygens (including phenoxy) is 2. The second-order valence-electron chi connectivity index (χ2n) is 6.20. The number of nitrogens with one attached hydrogen (secondary N) is 2. The maximum absolute atomic E-state index is 11.6. The molecule has 0 radical (unpaired) electrons. The highest BCUT2D eigenvalue weighted by molar-refractivity contribution is 7.22. The third-order valence-corrected chi connectivity index (χ3v) is 5.99. The number of thiazole rings is 2. The summed E-state index contributed by atoms with van der Waals surface area (Å²) in [6.07, 6.45) is 0. The molecule has 0 spiro atoms. The Morgan fingerprint density at radius 3 is 2.60 bits per heavy atom. The van der Waals surface area contributed by atoms with Gasteiger partial charge in [-0.15, -0.1) is 21.5 Å². The van der Waals surface area contributed by atoms with E-state index < -0.39 is 5.97 Å². The van der Waals surface area contributed by atoms with Crippen LogP contribution in [0.2, 0.25) is 0 Å². The Balaban J connectivity index is 1.61. The van der Waals surface area contributed by atoms with E-state index in [1.54, 1.807) is 23.8 Å². The van der Waals surface area contributed by atoms with E-state index in [2.05, 4.69) is 30.8 Å². The smallest absolute Gasteiger partial charge is 0.357 e. The Hall–Kier alpha value is -3.15. The molecule has 154 valence electrons. The molecule has 1 aromatic carbocycles. The van der Waals surface area contributed by atoms with Crippen molar-refractivity contribution in [3.8, 4) is 0 Å². The molecule has 0 saturated carbocycles. The van der Waals surface area contributed by atoms with Crippen LogP contribution >= 0.6 is 22.7 Å². The van der Waals surface area contributed by atoms with Crippen LogP contribution < -0.4 is 10.6 Å². The average Bonchev–Trinajstić information content (AvgIpc) is 3.38. The van der Waals surface area contributed by atoms with Crippen LogP contribution in [0.3, 0.4) is 0 Å². The molecular weight excluding hydrogens is 424 g/mol. The number of hydrogen-bond acceptors (Lipinski definition) is 11. The van der Waals surface area contributed by atoms with Crippen LogP contribution in [0.4, 0.5) is 21.9 Å². The second-order valence-corrected chi connectivity index (χ2v) is 8.09. The van der Waals surface area contributed by atoms with Crippen LogP contribution in [0, 0.1) is 6.92 Å². The quantitative estimate of drug-likeness (QED) is 0.405. The van der Waals surface area contributed by atoms with Gasteiger partial charge >= 0.3 is 5.97 Å². The largest absolute Gasteiger partial charge is 0.464 e. The number of hydrogen-bond donors (Lipinski definition) is 2. The first kappa shape index (κ1) is 20.1. The Bertz CT molecular complexity index is 1170. The van der Waals surface area contributed by atoms with Crippen molar-refractivity contribution in [1.82, 2.24) is 20.2 Å². The Morgan fingerprint density at radius 1 is 1.07 bits per heavy atom. The number of carbonyl (C=O) groups excluding carboxylic acids is 1. The Kier molecular flexibility index (Phi) is 5.84. The molecule has 0 bridgehead atoms. The highest BCUT2D eigenvalue weighted by Crippen LogP contribution is 2.31. The lowest BCUT2D eigenvalue weighted by atomic mass is 10.1. The van der Waals surface area contributed by atoms with Gasteiger partial charge in [-0.3, -0.25) is 0 Å². The van der Waals surface area contributed by atoms with Crippen LogP contribution in [-0.2, 0) is 16.1 Å². The van der Waals surface area contributed by atoms with Crippen LogP contribution in [0.15, 0.2) is 29.6 Å². The zero-order valence-corrected chi connectivity index (χ0v) is 18.1. The first-order valence-corrected chi connectivity index (χ1v) is 10.6. The normalized spacial score (nSPS) is 10.9. The summed E-state index contributed by atoms with van der Waals surface area (Å²) in [6.45, 7) is 2.26. The van der Waals surface area contributed by atoms with Crippen molar-refractivity contribution in [3.63, 3.8) is 0 Å². The molecule has 0 amide bonds. The standard InChI is InChI=1S/C19H18N6O3S2/c1-10-11(8-27-2)16(23-18-21-13(9-29-18)17(26)28-3)25-24-15(10)22-19-20-12-6-4-5-7-14(12)30-19/h4-7,9H,8H2,1-3H3,(H,20,22,24)(H,21,23,25). The minimum Gasteiger partial charge on any atom is -0.464 e. The van der Waals surface area contributed by atoms with E-state index in [0.29, 0.717) is 23.4 Å². The van der Waals surface area contributed by atoms with Crippen LogP contribution in [0.5, 0.6) is 0 Å². The summed E-state index contributed by atoms with van der Waals surface area (Å²) in [5.74, 6) is 0.616. The van der Waals surface area contributed by atoms with Crippen molar-refractivity contribution in [2.45, 2.75) is 13.5 Å². The van der Waals surface area contributed by atoms with Gasteiger partial charge in [0.15, 0.2) is 27.6 Å². The minimum atomic E-state index is -0.492. The Morgan fingerprint density at radius 2 is 1.83 bits per heavy atom. The summed E-state index contributed by atoms with van der Waals surface area (Å²) in [5, 5.41) is 17.8. The fourth-order valence-electron chi connectivity index (χ4n) is 2.75. The molecular formula is C19H18N6O3S2. The molecule has 0 fully saturated rings. The zero-order valence-electron chi connectivity index (χ0n) is 16.4. The van der Waals surface area contributed by atoms with Crippen molar-refractivity contribution >= 4 is 60.8 Å². The fourth-order valence-corrected chi connectivity index (χ4v) is 4.30. The van der Waals surface area contributed by atoms with Gasteiger partial charge in [0.05, 0.1) is 23.9 Å². The lowest BCUT2D eigenvalue weighted by Crippen LogP contribution is -2.08. The second kappa shape index (κ2) is 8.69. The van der Waals surface area contributed by atoms with Gasteiger partial charge in [-0.1, -0.05) is 23.5 Å². The van der Waals surface area contributed by atoms with Crippen molar-refractivity contribution < 1.29 is 14.3 Å². The maximum Gasteiger partial charge on any atom is 0.357 e. The third-order valence-electron chi connectivity index (χ3n) is 4.28. The van der Waals surface area contributed by atoms with E-state index in [-0.39, 0.29) is 5.69 Å². The lowest BCUT2D eigenvalue weighted by molar-refractivity contribution is 0.0595. The molecule has 3 aromatic heterocycles. The summed E-state index contributed by atoms with van der Waals surface area (Å²) in [5.41, 5.74) is 2.86. The number of nitrogens with zero attached hydrogens (tertiary/aromatic N) is 4. The van der Waals surface area contributed by atoms with Crippen LogP contribution in [0.1, 0.15) is 21.6 Å². The number of rotatable bonds is 7. The summed E-state index contributed by atoms with van der Waals surface area (Å²) < 4.78 is 11.1. The number of carbonyl (C=O) groups is 1. The summed E-state index contributed by atoms with van der Waals surface area (Å²) >= 11 is 2.82. The highest BCUT2D eigenvalue weighted by Gasteiger charge is 2.17. The predicted molar refractivity (Wildman–Crippen MR) is 117 cm³/mol. The molecule has 4 rings (SSSR count). The van der Waals surface area contributed by atoms with E-state index in [9.17, 15) is 4.79 Å². The number of para-hydroxylation sites is 1. The number of methoxy groups -OCH3 is 2. The van der Waals surface area contributed by atoms with Gasteiger partial charge in [-0.25, -0.2) is 14.8 Å². The van der Waals surface area contributed by atoms with Gasteiger partial charge in [0.25, 0.3) is 0 Å². The SMILES string of the molecule is COCc1c(Nc2nc(C(=O)OC)cs2)nnc(Nc2nc3ccccc3s2)c1C. The van der Waals surface area contributed by atoms with E-state index in [4.69, 9.17) is 9.47 Å². The lowest BCUT2D eigenvalue weighted by Gasteiger charge is -2.14. The summed E-state index contributed by atoms with van der Waals surface area (Å²) in [7, 11) is 2.93. The molecule has 0 unspecified atom stereocenters. The van der Waals surface area contributed by atoms with E-state index >= 15 is 0 Å².